The van der Waals surface area contributed by atoms with Crippen LogP contribution in [0, 0.1) is 5.92 Å². The van der Waals surface area contributed by atoms with Crippen LogP contribution in [0.15, 0.2) is 89.2 Å². The molecule has 3 aromatic carbocycles. The van der Waals surface area contributed by atoms with Crippen LogP contribution in [0.2, 0.25) is 0 Å². The molecule has 0 bridgehead atoms. The van der Waals surface area contributed by atoms with Crippen molar-refractivity contribution in [2.45, 2.75) is 130 Å². The molecule has 3 aromatic rings. The Morgan fingerprint density at radius 3 is 2.09 bits per heavy atom. The number of hydrogen-bond acceptors (Lipinski definition) is 15. The van der Waals surface area contributed by atoms with E-state index in [2.05, 4.69) is 20.9 Å². The number of aliphatic imine (C=N–C) groups is 1. The highest BCUT2D eigenvalue weighted by Crippen LogP contribution is 2.41. The van der Waals surface area contributed by atoms with Gasteiger partial charge >= 0.3 is 6.09 Å². The number of carbonyl (C=O) groups is 8. The van der Waals surface area contributed by atoms with Gasteiger partial charge in [-0.25, -0.2) is 9.69 Å². The van der Waals surface area contributed by atoms with Crippen LogP contribution in [0.4, 0.5) is 21.9 Å². The summed E-state index contributed by atoms with van der Waals surface area (Å²) in [6.45, 7) is 11.2. The number of carbonyl (C=O) groups excluding carboxylic acids is 8. The van der Waals surface area contributed by atoms with Crippen LogP contribution in [0.3, 0.4) is 0 Å². The molecule has 0 unspecified atom stereocenters. The Hall–Kier alpha value is -8.53. The average molecular weight is 1130 g/mol. The SMILES string of the molecule is CC/C(C)=C\N1C[C@H](O)N(C(=O)OCc2ccc(NC(=O)[C@H](C)NC(=O)[C@@H](NC(=O)CCCCCN3C(=O)C=CC3=O)C(C)C)cc2)c2cc(OCCCCCOc3cc4c(cc3OC)C(=O)N3C=C(C)C[C@H]3C=N4)c(OC)cc2C1=O. The number of anilines is 2. The van der Waals surface area contributed by atoms with Gasteiger partial charge in [0, 0.05) is 61.6 Å². The molecule has 0 fully saturated rings. The Morgan fingerprint density at radius 1 is 0.793 bits per heavy atom. The molecular weight excluding hydrogens is 1060 g/mol. The van der Waals surface area contributed by atoms with Gasteiger partial charge < -0.3 is 54.5 Å². The lowest BCUT2D eigenvalue weighted by Crippen LogP contribution is -2.53. The number of nitrogens with one attached hydrogen (secondary N) is 3. The van der Waals surface area contributed by atoms with Gasteiger partial charge in [0.25, 0.3) is 23.6 Å². The van der Waals surface area contributed by atoms with Crippen molar-refractivity contribution in [2.24, 2.45) is 10.9 Å². The zero-order valence-corrected chi connectivity index (χ0v) is 47.8. The molecule has 4 N–H and O–H groups in total. The Morgan fingerprint density at radius 2 is 1.44 bits per heavy atom. The van der Waals surface area contributed by atoms with E-state index in [1.165, 1.54) is 50.3 Å². The molecular formula is C60H74N8O14. The van der Waals surface area contributed by atoms with Gasteiger partial charge in [0.15, 0.2) is 29.2 Å². The van der Waals surface area contributed by atoms with E-state index in [-0.39, 0.29) is 91.1 Å². The first kappa shape index (κ1) is 61.1. The summed E-state index contributed by atoms with van der Waals surface area (Å²) in [4.78, 5) is 114. The fraction of sp³-hybridized carbons (Fsp3) is 0.450. The predicted molar refractivity (Wildman–Crippen MR) is 305 cm³/mol. The molecule has 0 saturated heterocycles. The molecule has 22 heteroatoms. The molecule has 4 aliphatic rings. The van der Waals surface area contributed by atoms with Gasteiger partial charge in [-0.15, -0.1) is 0 Å². The third kappa shape index (κ3) is 15.3. The number of nitrogens with zero attached hydrogens (tertiary/aromatic N) is 5. The van der Waals surface area contributed by atoms with Crippen LogP contribution in [0.1, 0.15) is 126 Å². The lowest BCUT2D eigenvalue weighted by molar-refractivity contribution is -0.137. The van der Waals surface area contributed by atoms with E-state index in [1.807, 2.05) is 27.0 Å². The number of amides is 8. The summed E-state index contributed by atoms with van der Waals surface area (Å²) in [6, 6.07) is 10.8. The summed E-state index contributed by atoms with van der Waals surface area (Å²) in [5.74, 6) is -1.69. The number of methoxy groups -OCH3 is 2. The van der Waals surface area contributed by atoms with Crippen molar-refractivity contribution in [3.63, 3.8) is 0 Å². The fourth-order valence-corrected chi connectivity index (χ4v) is 9.52. The quantitative estimate of drug-likeness (QED) is 0.0449. The van der Waals surface area contributed by atoms with Gasteiger partial charge in [-0.1, -0.05) is 50.5 Å². The first-order chi connectivity index (χ1) is 39.3. The predicted octanol–water partition coefficient (Wildman–Crippen LogP) is 7.47. The monoisotopic (exact) mass is 1130 g/mol. The average Bonchev–Trinajstić information content (AvgIpc) is 3.81. The Kier molecular flexibility index (Phi) is 21.0. The normalized spacial score (nSPS) is 17.3. The number of aliphatic hydroxyl groups excluding tert-OH is 1. The molecule has 82 heavy (non-hydrogen) atoms. The first-order valence-corrected chi connectivity index (χ1v) is 27.7. The van der Waals surface area contributed by atoms with Crippen molar-refractivity contribution < 1.29 is 67.1 Å². The minimum absolute atomic E-state index is 0.0450. The third-order valence-electron chi connectivity index (χ3n) is 14.3. The molecule has 0 aliphatic carbocycles. The summed E-state index contributed by atoms with van der Waals surface area (Å²) in [5, 5.41) is 19.9. The number of β-amino-alcohol motifs (C(OH)–C–C–N with tert-alkyl or cyclic N) is 1. The second-order valence-electron chi connectivity index (χ2n) is 20.9. The zero-order valence-electron chi connectivity index (χ0n) is 47.8. The molecule has 438 valence electrons. The summed E-state index contributed by atoms with van der Waals surface area (Å²) in [5.41, 5.74) is 3.93. The van der Waals surface area contributed by atoms with Crippen molar-refractivity contribution in [3.8, 4) is 23.0 Å². The van der Waals surface area contributed by atoms with E-state index in [9.17, 15) is 43.5 Å². The molecule has 0 spiro atoms. The molecule has 0 radical (unpaired) electrons. The number of ether oxygens (including phenoxy) is 5. The smallest absolute Gasteiger partial charge is 0.416 e. The van der Waals surface area contributed by atoms with Crippen molar-refractivity contribution in [1.82, 2.24) is 25.3 Å². The van der Waals surface area contributed by atoms with Crippen molar-refractivity contribution in [1.29, 1.82) is 0 Å². The number of aliphatic hydroxyl groups is 1. The highest BCUT2D eigenvalue weighted by molar-refractivity contribution is 6.13. The summed E-state index contributed by atoms with van der Waals surface area (Å²) in [7, 11) is 2.96. The molecule has 0 aromatic heterocycles. The molecule has 8 amide bonds. The van der Waals surface area contributed by atoms with Crippen molar-refractivity contribution in [3.05, 3.63) is 101 Å². The number of hydrogen-bond donors (Lipinski definition) is 4. The van der Waals surface area contributed by atoms with E-state index in [0.717, 1.165) is 27.4 Å². The van der Waals surface area contributed by atoms with Crippen LogP contribution in [0.25, 0.3) is 0 Å². The Bertz CT molecular complexity index is 3010. The molecule has 7 rings (SSSR count). The maximum atomic E-state index is 14.2. The van der Waals surface area contributed by atoms with Crippen molar-refractivity contribution >= 4 is 70.7 Å². The van der Waals surface area contributed by atoms with Gasteiger partial charge in [0.1, 0.15) is 18.7 Å². The number of imide groups is 1. The standard InChI is InChI=1S/C60H74N8O14/c1-9-37(4)32-65-34-54(72)68(60(77)82-35-40-17-19-41(20-18-40)63-56(73)39(6)62-57(74)55(36(2)3)64-51(69)16-12-10-13-23-66-52(70)21-22-53(66)71)46-30-50(48(79-8)28-44(46)58(65)75)81-25-15-11-14-24-80-49-29-45-43(27-47(49)78-7)59(76)67-33-38(5)26-42(67)31-61-45/h17-22,27-33,36,39,42,54-55,72H,9-16,23-26,34-35H2,1-8H3,(H,62,74)(H,63,73)(H,64,69)/b37-32-/t39-,42-,54-,55-/m0/s1. The third-order valence-corrected chi connectivity index (χ3v) is 14.3. The largest absolute Gasteiger partial charge is 0.493 e. The van der Waals surface area contributed by atoms with Gasteiger partial charge in [0.05, 0.1) is 62.5 Å². The molecule has 4 atom stereocenters. The maximum Gasteiger partial charge on any atom is 0.416 e. The highest BCUT2D eigenvalue weighted by atomic mass is 16.6. The zero-order chi connectivity index (χ0) is 59.2. The van der Waals surface area contributed by atoms with E-state index < -0.39 is 42.1 Å². The molecule has 22 nitrogen and oxygen atoms in total. The number of fused-ring (bicyclic) bond motifs is 3. The lowest BCUT2D eigenvalue weighted by atomic mass is 10.0. The van der Waals surface area contributed by atoms with Gasteiger partial charge in [0.2, 0.25) is 17.7 Å². The number of benzene rings is 3. The highest BCUT2D eigenvalue weighted by Gasteiger charge is 2.38. The van der Waals surface area contributed by atoms with E-state index in [4.69, 9.17) is 23.7 Å². The summed E-state index contributed by atoms with van der Waals surface area (Å²) < 4.78 is 29.4. The van der Waals surface area contributed by atoms with Gasteiger partial charge in [-0.2, -0.15) is 0 Å². The van der Waals surface area contributed by atoms with E-state index in [1.54, 1.807) is 67.6 Å². The Balaban J connectivity index is 0.917. The van der Waals surface area contributed by atoms with Crippen LogP contribution >= 0.6 is 0 Å². The van der Waals surface area contributed by atoms with Gasteiger partial charge in [-0.3, -0.25) is 43.5 Å². The lowest BCUT2D eigenvalue weighted by Gasteiger charge is -2.27. The molecule has 4 heterocycles. The number of unbranched alkanes of at least 4 members (excludes halogenated alkanes) is 4. The number of rotatable bonds is 26. The van der Waals surface area contributed by atoms with Crippen LogP contribution in [-0.4, -0.2) is 138 Å². The molecule has 0 saturated carbocycles. The fourth-order valence-electron chi connectivity index (χ4n) is 9.52. The topological polar surface area (TPSA) is 264 Å². The van der Waals surface area contributed by atoms with Gasteiger partial charge in [-0.05, 0) is 101 Å². The van der Waals surface area contributed by atoms with Crippen LogP contribution < -0.4 is 39.8 Å². The molecule has 4 aliphatic heterocycles. The summed E-state index contributed by atoms with van der Waals surface area (Å²) in [6.07, 6.45) is 10.3. The van der Waals surface area contributed by atoms with E-state index in [0.29, 0.717) is 85.6 Å². The minimum Gasteiger partial charge on any atom is -0.493 e. The second-order valence-corrected chi connectivity index (χ2v) is 20.9. The van der Waals surface area contributed by atoms with E-state index >= 15 is 0 Å². The Labute approximate surface area is 477 Å². The van der Waals surface area contributed by atoms with Crippen molar-refractivity contribution in [2.75, 3.05) is 50.7 Å². The maximum absolute atomic E-state index is 14.2. The summed E-state index contributed by atoms with van der Waals surface area (Å²) >= 11 is 0. The second kappa shape index (κ2) is 28.3. The van der Waals surface area contributed by atoms with Crippen LogP contribution in [0.5, 0.6) is 23.0 Å². The van der Waals surface area contributed by atoms with Crippen LogP contribution in [-0.2, 0) is 35.3 Å². The first-order valence-electron chi connectivity index (χ1n) is 27.7. The minimum atomic E-state index is -1.54. The number of allylic oxidation sites excluding steroid dienone is 1.